The highest BCUT2D eigenvalue weighted by Crippen LogP contribution is 2.33. The standard InChI is InChI=1S/C25H29ClN2O2S/c1-18(25(30)21-8-9-23-20(17-21)5-3-15-31-23)27-11-13-28(14-12-27)24(29)10-7-19-4-2-6-22(26)16-19/h2,4,6-10,16-18,25,30H,3,5,11-15H2,1H3/b10-7+. The quantitative estimate of drug-likeness (QED) is 0.664. The van der Waals surface area contributed by atoms with E-state index in [-0.39, 0.29) is 11.9 Å². The number of fused-ring (bicyclic) bond motifs is 1. The van der Waals surface area contributed by atoms with Crippen molar-refractivity contribution in [2.75, 3.05) is 31.9 Å². The molecule has 31 heavy (non-hydrogen) atoms. The molecule has 2 aliphatic heterocycles. The predicted molar refractivity (Wildman–Crippen MR) is 129 cm³/mol. The molecule has 164 valence electrons. The second-order valence-electron chi connectivity index (χ2n) is 8.25. The lowest BCUT2D eigenvalue weighted by Crippen LogP contribution is -2.52. The van der Waals surface area contributed by atoms with Crippen molar-refractivity contribution in [3.63, 3.8) is 0 Å². The Labute approximate surface area is 193 Å². The molecule has 2 aliphatic rings. The van der Waals surface area contributed by atoms with Crippen LogP contribution in [-0.4, -0.2) is 58.8 Å². The zero-order valence-corrected chi connectivity index (χ0v) is 19.4. The molecule has 2 aromatic carbocycles. The van der Waals surface area contributed by atoms with Crippen LogP contribution in [0.3, 0.4) is 0 Å². The van der Waals surface area contributed by atoms with Gasteiger partial charge < -0.3 is 10.0 Å². The maximum atomic E-state index is 12.6. The van der Waals surface area contributed by atoms with Crippen molar-refractivity contribution in [3.05, 3.63) is 70.3 Å². The molecule has 0 aromatic heterocycles. The van der Waals surface area contributed by atoms with E-state index in [1.54, 1.807) is 12.2 Å². The number of amides is 1. The maximum absolute atomic E-state index is 12.6. The van der Waals surface area contributed by atoms with Gasteiger partial charge in [-0.3, -0.25) is 9.69 Å². The van der Waals surface area contributed by atoms with Crippen LogP contribution < -0.4 is 0 Å². The highest BCUT2D eigenvalue weighted by Gasteiger charge is 2.28. The lowest BCUT2D eigenvalue weighted by atomic mass is 9.98. The van der Waals surface area contributed by atoms with Gasteiger partial charge in [0.15, 0.2) is 0 Å². The van der Waals surface area contributed by atoms with Crippen LogP contribution in [0.4, 0.5) is 0 Å². The summed E-state index contributed by atoms with van der Waals surface area (Å²) in [6, 6.07) is 13.9. The number of thioether (sulfide) groups is 1. The number of nitrogens with zero attached hydrogens (tertiary/aromatic N) is 2. The number of aliphatic hydroxyl groups is 1. The van der Waals surface area contributed by atoms with Crippen LogP contribution in [0.2, 0.25) is 5.02 Å². The first-order valence-corrected chi connectivity index (χ1v) is 12.3. The minimum Gasteiger partial charge on any atom is -0.387 e. The van der Waals surface area contributed by atoms with E-state index in [0.29, 0.717) is 18.1 Å². The van der Waals surface area contributed by atoms with Gasteiger partial charge in [-0.25, -0.2) is 0 Å². The summed E-state index contributed by atoms with van der Waals surface area (Å²) < 4.78 is 0. The van der Waals surface area contributed by atoms with Crippen molar-refractivity contribution >= 4 is 35.3 Å². The number of carbonyl (C=O) groups excluding carboxylic acids is 1. The monoisotopic (exact) mass is 456 g/mol. The lowest BCUT2D eigenvalue weighted by Gasteiger charge is -2.39. The number of aryl methyl sites for hydroxylation is 1. The van der Waals surface area contributed by atoms with Crippen molar-refractivity contribution in [2.45, 2.75) is 36.8 Å². The molecule has 0 aliphatic carbocycles. The number of carbonyl (C=O) groups is 1. The van der Waals surface area contributed by atoms with Gasteiger partial charge in [-0.2, -0.15) is 0 Å². The number of piperazine rings is 1. The highest BCUT2D eigenvalue weighted by atomic mass is 35.5. The number of rotatable bonds is 5. The molecule has 2 unspecified atom stereocenters. The van der Waals surface area contributed by atoms with Gasteiger partial charge in [-0.1, -0.05) is 35.9 Å². The third kappa shape index (κ3) is 5.53. The Hall–Kier alpha value is -1.79. The second kappa shape index (κ2) is 10.2. The molecule has 1 amide bonds. The number of hydrogen-bond acceptors (Lipinski definition) is 4. The Balaban J connectivity index is 1.32. The largest absolute Gasteiger partial charge is 0.387 e. The summed E-state index contributed by atoms with van der Waals surface area (Å²) in [5.41, 5.74) is 3.28. The average Bonchev–Trinajstić information content (AvgIpc) is 2.81. The number of benzene rings is 2. The Morgan fingerprint density at radius 2 is 1.97 bits per heavy atom. The first-order valence-electron chi connectivity index (χ1n) is 10.9. The summed E-state index contributed by atoms with van der Waals surface area (Å²) in [6.07, 6.45) is 5.20. The van der Waals surface area contributed by atoms with Crippen molar-refractivity contribution in [3.8, 4) is 0 Å². The molecule has 1 fully saturated rings. The third-order valence-electron chi connectivity index (χ3n) is 6.20. The van der Waals surface area contributed by atoms with Gasteiger partial charge >= 0.3 is 0 Å². The third-order valence-corrected chi connectivity index (χ3v) is 7.64. The van der Waals surface area contributed by atoms with Gasteiger partial charge in [0.05, 0.1) is 6.10 Å². The van der Waals surface area contributed by atoms with E-state index in [9.17, 15) is 9.90 Å². The van der Waals surface area contributed by atoms with Crippen LogP contribution in [0.5, 0.6) is 0 Å². The highest BCUT2D eigenvalue weighted by molar-refractivity contribution is 7.99. The first kappa shape index (κ1) is 22.4. The van der Waals surface area contributed by atoms with Gasteiger partial charge in [0.2, 0.25) is 5.91 Å². The van der Waals surface area contributed by atoms with Crippen molar-refractivity contribution in [2.24, 2.45) is 0 Å². The molecule has 4 rings (SSSR count). The van der Waals surface area contributed by atoms with Crippen molar-refractivity contribution in [1.29, 1.82) is 0 Å². The summed E-state index contributed by atoms with van der Waals surface area (Å²) in [5, 5.41) is 11.7. The van der Waals surface area contributed by atoms with Crippen LogP contribution in [0.25, 0.3) is 6.08 Å². The predicted octanol–water partition coefficient (Wildman–Crippen LogP) is 4.66. The normalized spacial score (nSPS) is 19.3. The molecule has 6 heteroatoms. The molecule has 2 aromatic rings. The Morgan fingerprint density at radius 1 is 1.16 bits per heavy atom. The van der Waals surface area contributed by atoms with Gasteiger partial charge in [0, 0.05) is 48.2 Å². The minimum atomic E-state index is -0.526. The van der Waals surface area contributed by atoms with Crippen molar-refractivity contribution < 1.29 is 9.90 Å². The number of halogens is 1. The fraction of sp³-hybridized carbons (Fsp3) is 0.400. The van der Waals surface area contributed by atoms with Gasteiger partial charge in [-0.15, -0.1) is 11.8 Å². The molecule has 2 heterocycles. The van der Waals surface area contributed by atoms with E-state index in [4.69, 9.17) is 11.6 Å². The topological polar surface area (TPSA) is 43.8 Å². The molecular formula is C25H29ClN2O2S. The second-order valence-corrected chi connectivity index (χ2v) is 9.83. The Kier molecular flexibility index (Phi) is 7.39. The summed E-state index contributed by atoms with van der Waals surface area (Å²) in [5.74, 6) is 1.20. The van der Waals surface area contributed by atoms with Crippen LogP contribution in [0.15, 0.2) is 53.4 Å². The minimum absolute atomic E-state index is 0.00792. The van der Waals surface area contributed by atoms with Gasteiger partial charge in [0.1, 0.15) is 0 Å². The van der Waals surface area contributed by atoms with Crippen LogP contribution in [0.1, 0.15) is 36.1 Å². The maximum Gasteiger partial charge on any atom is 0.246 e. The molecule has 0 saturated carbocycles. The summed E-state index contributed by atoms with van der Waals surface area (Å²) in [4.78, 5) is 18.1. The molecule has 0 bridgehead atoms. The van der Waals surface area contributed by atoms with E-state index >= 15 is 0 Å². The lowest BCUT2D eigenvalue weighted by molar-refractivity contribution is -0.128. The molecule has 4 nitrogen and oxygen atoms in total. The fourth-order valence-corrected chi connectivity index (χ4v) is 5.49. The van der Waals surface area contributed by atoms with Gasteiger partial charge in [0.25, 0.3) is 0 Å². The van der Waals surface area contributed by atoms with E-state index < -0.39 is 6.10 Å². The van der Waals surface area contributed by atoms with E-state index in [2.05, 4.69) is 30.0 Å². The van der Waals surface area contributed by atoms with E-state index in [1.807, 2.05) is 40.9 Å². The molecular weight excluding hydrogens is 428 g/mol. The summed E-state index contributed by atoms with van der Waals surface area (Å²) in [7, 11) is 0. The zero-order valence-electron chi connectivity index (χ0n) is 17.8. The first-order chi connectivity index (χ1) is 15.0. The van der Waals surface area contributed by atoms with Crippen LogP contribution in [-0.2, 0) is 11.2 Å². The van der Waals surface area contributed by atoms with Gasteiger partial charge in [-0.05, 0) is 66.5 Å². The fourth-order valence-electron chi connectivity index (χ4n) is 4.28. The molecule has 1 N–H and O–H groups in total. The molecule has 0 radical (unpaired) electrons. The van der Waals surface area contributed by atoms with E-state index in [0.717, 1.165) is 30.6 Å². The SMILES string of the molecule is CC(C(O)c1ccc2c(c1)CCCS2)N1CCN(C(=O)/C=C/c2cccc(Cl)c2)CC1. The summed E-state index contributed by atoms with van der Waals surface area (Å²) in [6.45, 7) is 4.92. The Bertz CT molecular complexity index is 956. The van der Waals surface area contributed by atoms with Crippen LogP contribution in [0, 0.1) is 0 Å². The molecule has 2 atom stereocenters. The van der Waals surface area contributed by atoms with E-state index in [1.165, 1.54) is 22.6 Å². The smallest absolute Gasteiger partial charge is 0.246 e. The average molecular weight is 457 g/mol. The van der Waals surface area contributed by atoms with Crippen molar-refractivity contribution in [1.82, 2.24) is 9.80 Å². The number of hydrogen-bond donors (Lipinski definition) is 1. The molecule has 1 saturated heterocycles. The number of aliphatic hydroxyl groups excluding tert-OH is 1. The van der Waals surface area contributed by atoms with Crippen LogP contribution >= 0.6 is 23.4 Å². The Morgan fingerprint density at radius 3 is 2.74 bits per heavy atom. The molecule has 0 spiro atoms. The zero-order chi connectivity index (χ0) is 21.8. The summed E-state index contributed by atoms with van der Waals surface area (Å²) >= 11 is 7.91.